The molecule has 0 spiro atoms. The van der Waals surface area contributed by atoms with E-state index in [1.54, 1.807) is 0 Å². The molecule has 2 aliphatic heterocycles. The van der Waals surface area contributed by atoms with Gasteiger partial charge in [0.1, 0.15) is 0 Å². The van der Waals surface area contributed by atoms with Crippen LogP contribution < -0.4 is 10.2 Å². The van der Waals surface area contributed by atoms with E-state index in [0.29, 0.717) is 12.5 Å². The van der Waals surface area contributed by atoms with E-state index in [9.17, 15) is 4.79 Å². The maximum atomic E-state index is 12.6. The average Bonchev–Trinajstić information content (AvgIpc) is 3.16. The molecule has 0 radical (unpaired) electrons. The Morgan fingerprint density at radius 2 is 1.60 bits per heavy atom. The summed E-state index contributed by atoms with van der Waals surface area (Å²) < 4.78 is 0. The molecule has 1 saturated carbocycles. The smallest absolute Gasteiger partial charge is 0.234 e. The number of para-hydroxylation sites is 1. The lowest BCUT2D eigenvalue weighted by molar-refractivity contribution is -0.122. The molecule has 166 valence electrons. The fraction of sp³-hybridized carbons (Fsp3) is 0.720. The summed E-state index contributed by atoms with van der Waals surface area (Å²) in [6, 6.07) is 10.6. The Bertz CT molecular complexity index is 646. The van der Waals surface area contributed by atoms with Gasteiger partial charge in [-0.15, -0.1) is 0 Å². The summed E-state index contributed by atoms with van der Waals surface area (Å²) in [5, 5.41) is 3.22. The number of rotatable bonds is 7. The monoisotopic (exact) mass is 412 g/mol. The van der Waals surface area contributed by atoms with Gasteiger partial charge < -0.3 is 15.1 Å². The molecule has 2 heterocycles. The van der Waals surface area contributed by atoms with Crippen molar-refractivity contribution in [2.75, 3.05) is 63.8 Å². The minimum Gasteiger partial charge on any atom is -0.371 e. The van der Waals surface area contributed by atoms with Crippen molar-refractivity contribution in [3.8, 4) is 0 Å². The molecular weight excluding hydrogens is 372 g/mol. The van der Waals surface area contributed by atoms with Crippen LogP contribution in [0.15, 0.2) is 30.3 Å². The van der Waals surface area contributed by atoms with Crippen LogP contribution in [0.1, 0.15) is 44.9 Å². The number of amides is 1. The van der Waals surface area contributed by atoms with E-state index in [1.807, 2.05) is 0 Å². The van der Waals surface area contributed by atoms with Gasteiger partial charge >= 0.3 is 0 Å². The predicted octanol–water partition coefficient (Wildman–Crippen LogP) is 3.22. The summed E-state index contributed by atoms with van der Waals surface area (Å²) in [6.45, 7) is 9.20. The van der Waals surface area contributed by atoms with Gasteiger partial charge in [0.05, 0.1) is 6.54 Å². The summed E-state index contributed by atoms with van der Waals surface area (Å²) in [5.41, 5.74) is 1.30. The zero-order chi connectivity index (χ0) is 20.6. The number of anilines is 1. The zero-order valence-electron chi connectivity index (χ0n) is 18.6. The summed E-state index contributed by atoms with van der Waals surface area (Å²) >= 11 is 0. The molecule has 3 aliphatic rings. The van der Waals surface area contributed by atoms with Crippen LogP contribution >= 0.6 is 0 Å². The first-order chi connectivity index (χ1) is 14.8. The Kier molecular flexibility index (Phi) is 8.04. The third-order valence-electron chi connectivity index (χ3n) is 7.28. The minimum absolute atomic E-state index is 0.203. The van der Waals surface area contributed by atoms with Crippen molar-refractivity contribution in [2.24, 2.45) is 11.8 Å². The van der Waals surface area contributed by atoms with Crippen LogP contribution in [-0.4, -0.2) is 74.6 Å². The highest BCUT2D eigenvalue weighted by atomic mass is 16.2. The molecule has 5 heteroatoms. The van der Waals surface area contributed by atoms with Gasteiger partial charge in [0.15, 0.2) is 0 Å². The predicted molar refractivity (Wildman–Crippen MR) is 124 cm³/mol. The molecule has 30 heavy (non-hydrogen) atoms. The summed E-state index contributed by atoms with van der Waals surface area (Å²) in [4.78, 5) is 20.0. The molecule has 0 aromatic heterocycles. The van der Waals surface area contributed by atoms with Crippen LogP contribution in [0.5, 0.6) is 0 Å². The number of hydrogen-bond donors (Lipinski definition) is 1. The third-order valence-corrected chi connectivity index (χ3v) is 7.28. The van der Waals surface area contributed by atoms with Gasteiger partial charge in [-0.3, -0.25) is 9.69 Å². The molecule has 0 bridgehead atoms. The Balaban J connectivity index is 1.13. The van der Waals surface area contributed by atoms with Crippen LogP contribution in [0.25, 0.3) is 0 Å². The lowest BCUT2D eigenvalue weighted by Gasteiger charge is -2.28. The van der Waals surface area contributed by atoms with Crippen LogP contribution in [0.4, 0.5) is 5.69 Å². The van der Waals surface area contributed by atoms with E-state index in [0.717, 1.165) is 51.6 Å². The molecule has 1 aromatic rings. The summed E-state index contributed by atoms with van der Waals surface area (Å²) in [5.74, 6) is 1.67. The maximum absolute atomic E-state index is 12.6. The molecule has 2 saturated heterocycles. The lowest BCUT2D eigenvalue weighted by Crippen LogP contribution is -2.41. The largest absolute Gasteiger partial charge is 0.371 e. The van der Waals surface area contributed by atoms with Gasteiger partial charge in [0, 0.05) is 45.0 Å². The highest BCUT2D eigenvalue weighted by Crippen LogP contribution is 2.25. The van der Waals surface area contributed by atoms with Crippen LogP contribution in [0.3, 0.4) is 0 Å². The molecule has 1 aliphatic carbocycles. The lowest BCUT2D eigenvalue weighted by atomic mass is 9.89. The first-order valence-corrected chi connectivity index (χ1v) is 12.3. The first kappa shape index (κ1) is 21.6. The fourth-order valence-corrected chi connectivity index (χ4v) is 5.49. The van der Waals surface area contributed by atoms with Gasteiger partial charge in [-0.2, -0.15) is 0 Å². The highest BCUT2D eigenvalue weighted by molar-refractivity contribution is 5.78. The average molecular weight is 413 g/mol. The number of benzene rings is 1. The Morgan fingerprint density at radius 3 is 2.43 bits per heavy atom. The van der Waals surface area contributed by atoms with E-state index in [-0.39, 0.29) is 5.91 Å². The summed E-state index contributed by atoms with van der Waals surface area (Å²) in [7, 11) is 0. The first-order valence-electron chi connectivity index (χ1n) is 12.3. The molecule has 1 aromatic carbocycles. The molecule has 3 fully saturated rings. The van der Waals surface area contributed by atoms with Crippen LogP contribution in [0, 0.1) is 11.8 Å². The van der Waals surface area contributed by atoms with Gasteiger partial charge in [0.25, 0.3) is 0 Å². The Labute approximate surface area is 182 Å². The number of carbonyl (C=O) groups is 1. The molecule has 1 atom stereocenters. The second kappa shape index (κ2) is 11.1. The zero-order valence-corrected chi connectivity index (χ0v) is 18.6. The quantitative estimate of drug-likeness (QED) is 0.746. The van der Waals surface area contributed by atoms with Crippen molar-refractivity contribution < 1.29 is 4.79 Å². The second-order valence-electron chi connectivity index (χ2n) is 9.67. The van der Waals surface area contributed by atoms with Crippen molar-refractivity contribution in [2.45, 2.75) is 44.9 Å². The van der Waals surface area contributed by atoms with Gasteiger partial charge in [-0.25, -0.2) is 0 Å². The number of carbonyl (C=O) groups excluding carboxylic acids is 1. The molecule has 5 nitrogen and oxygen atoms in total. The van der Waals surface area contributed by atoms with Crippen molar-refractivity contribution >= 4 is 11.6 Å². The summed E-state index contributed by atoms with van der Waals surface area (Å²) in [6.07, 6.45) is 9.48. The van der Waals surface area contributed by atoms with Gasteiger partial charge in [-0.05, 0) is 62.7 Å². The van der Waals surface area contributed by atoms with Crippen molar-refractivity contribution in [3.63, 3.8) is 0 Å². The Morgan fingerprint density at radius 1 is 0.833 bits per heavy atom. The van der Waals surface area contributed by atoms with E-state index in [1.165, 1.54) is 57.3 Å². The van der Waals surface area contributed by atoms with E-state index < -0.39 is 0 Å². The van der Waals surface area contributed by atoms with Crippen molar-refractivity contribution in [1.29, 1.82) is 0 Å². The number of nitrogens with one attached hydrogen (secondary N) is 1. The molecule has 1 N–H and O–H groups in total. The SMILES string of the molecule is O=C(CN1CCCN(CC2CCCCC2)CC1)NCC1CCN(c2ccccc2)C1. The van der Waals surface area contributed by atoms with Crippen LogP contribution in [0.2, 0.25) is 0 Å². The van der Waals surface area contributed by atoms with Crippen molar-refractivity contribution in [3.05, 3.63) is 30.3 Å². The van der Waals surface area contributed by atoms with E-state index in [2.05, 4.69) is 50.3 Å². The van der Waals surface area contributed by atoms with Gasteiger partial charge in [-0.1, -0.05) is 37.5 Å². The standard InChI is InChI=1S/C25H40N4O/c30-25(26-18-23-12-15-29(20-23)24-10-5-2-6-11-24)21-28-14-7-13-27(16-17-28)19-22-8-3-1-4-9-22/h2,5-6,10-11,22-23H,1,3-4,7-9,12-21H2,(H,26,30). The second-order valence-corrected chi connectivity index (χ2v) is 9.67. The number of hydrogen-bond acceptors (Lipinski definition) is 4. The maximum Gasteiger partial charge on any atom is 0.234 e. The number of nitrogens with zero attached hydrogens (tertiary/aromatic N) is 3. The topological polar surface area (TPSA) is 38.8 Å². The minimum atomic E-state index is 0.203. The molecule has 1 amide bonds. The Hall–Kier alpha value is -1.59. The molecule has 4 rings (SSSR count). The fourth-order valence-electron chi connectivity index (χ4n) is 5.49. The third kappa shape index (κ3) is 6.45. The van der Waals surface area contributed by atoms with Crippen LogP contribution in [-0.2, 0) is 4.79 Å². The van der Waals surface area contributed by atoms with E-state index >= 15 is 0 Å². The molecular formula is C25H40N4O. The van der Waals surface area contributed by atoms with E-state index in [4.69, 9.17) is 0 Å². The molecule has 1 unspecified atom stereocenters. The highest BCUT2D eigenvalue weighted by Gasteiger charge is 2.24. The van der Waals surface area contributed by atoms with Gasteiger partial charge in [0.2, 0.25) is 5.91 Å². The normalized spacial score (nSPS) is 24.7. The van der Waals surface area contributed by atoms with Crippen molar-refractivity contribution in [1.82, 2.24) is 15.1 Å².